The summed E-state index contributed by atoms with van der Waals surface area (Å²) in [6, 6.07) is 4.35. The molecule has 0 unspecified atom stereocenters. The number of hydrogen-bond donors (Lipinski definition) is 3. The Morgan fingerprint density at radius 2 is 2.35 bits per heavy atom. The molecule has 0 bridgehead atoms. The summed E-state index contributed by atoms with van der Waals surface area (Å²) >= 11 is 0. The van der Waals surface area contributed by atoms with E-state index in [9.17, 15) is 9.59 Å². The minimum absolute atomic E-state index is 0.131. The second-order valence-corrected chi connectivity index (χ2v) is 3.87. The van der Waals surface area contributed by atoms with Gasteiger partial charge in [0, 0.05) is 11.3 Å². The van der Waals surface area contributed by atoms with Gasteiger partial charge in [-0.15, -0.1) is 0 Å². The second-order valence-electron chi connectivity index (χ2n) is 3.87. The third kappa shape index (κ3) is 2.36. The van der Waals surface area contributed by atoms with Gasteiger partial charge in [-0.3, -0.25) is 14.4 Å². The standard InChI is InChI=1S/C11H13N3O3/c1-6-2-3-7(4-8(6)12)10(15)13-9-5-17-14-11(9)16/h2-4,9H,5,12H2,1H3,(H,13,15)(H,14,16)/t9-/m1/s1. The fourth-order valence-corrected chi connectivity index (χ4v) is 1.47. The SMILES string of the molecule is Cc1ccc(C(=O)N[C@@H]2CONC2=O)cc1N. The zero-order chi connectivity index (χ0) is 12.4. The summed E-state index contributed by atoms with van der Waals surface area (Å²) in [5.41, 5.74) is 9.75. The van der Waals surface area contributed by atoms with Crippen LogP contribution >= 0.6 is 0 Å². The van der Waals surface area contributed by atoms with Crippen LogP contribution in [0.25, 0.3) is 0 Å². The molecule has 1 atom stereocenters. The molecule has 1 aliphatic rings. The van der Waals surface area contributed by atoms with Crippen LogP contribution in [0.1, 0.15) is 15.9 Å². The van der Waals surface area contributed by atoms with Crippen LogP contribution in [0.15, 0.2) is 18.2 Å². The van der Waals surface area contributed by atoms with E-state index in [1.807, 2.05) is 6.92 Å². The number of rotatable bonds is 2. The van der Waals surface area contributed by atoms with Gasteiger partial charge in [0.15, 0.2) is 0 Å². The number of carbonyl (C=O) groups is 2. The highest BCUT2D eigenvalue weighted by molar-refractivity contribution is 5.98. The molecule has 1 heterocycles. The van der Waals surface area contributed by atoms with E-state index in [-0.39, 0.29) is 18.4 Å². The highest BCUT2D eigenvalue weighted by atomic mass is 16.7. The van der Waals surface area contributed by atoms with E-state index in [0.29, 0.717) is 11.3 Å². The van der Waals surface area contributed by atoms with Gasteiger partial charge in [-0.25, -0.2) is 5.48 Å². The van der Waals surface area contributed by atoms with Crippen LogP contribution in [-0.2, 0) is 9.63 Å². The van der Waals surface area contributed by atoms with E-state index < -0.39 is 6.04 Å². The van der Waals surface area contributed by atoms with Crippen molar-refractivity contribution in [2.75, 3.05) is 12.3 Å². The van der Waals surface area contributed by atoms with E-state index in [0.717, 1.165) is 5.56 Å². The van der Waals surface area contributed by atoms with Gasteiger partial charge >= 0.3 is 0 Å². The zero-order valence-electron chi connectivity index (χ0n) is 9.32. The number of hydrogen-bond acceptors (Lipinski definition) is 4. The highest BCUT2D eigenvalue weighted by Gasteiger charge is 2.27. The molecule has 1 aliphatic heterocycles. The predicted octanol–water partition coefficient (Wildman–Crippen LogP) is -0.263. The Hall–Kier alpha value is -2.08. The molecule has 6 nitrogen and oxygen atoms in total. The fraction of sp³-hybridized carbons (Fsp3) is 0.273. The lowest BCUT2D eigenvalue weighted by Gasteiger charge is -2.09. The quantitative estimate of drug-likeness (QED) is 0.615. The topological polar surface area (TPSA) is 93.5 Å². The van der Waals surface area contributed by atoms with Gasteiger partial charge in [-0.2, -0.15) is 0 Å². The smallest absolute Gasteiger partial charge is 0.268 e. The first-order valence-corrected chi connectivity index (χ1v) is 5.16. The van der Waals surface area contributed by atoms with Crippen molar-refractivity contribution in [3.8, 4) is 0 Å². The third-order valence-corrected chi connectivity index (χ3v) is 2.59. The van der Waals surface area contributed by atoms with Crippen molar-refractivity contribution < 1.29 is 14.4 Å². The molecule has 1 fully saturated rings. The summed E-state index contributed by atoms with van der Waals surface area (Å²) < 4.78 is 0. The number of nitrogen functional groups attached to an aromatic ring is 1. The van der Waals surface area contributed by atoms with E-state index in [2.05, 4.69) is 10.8 Å². The number of amides is 2. The number of anilines is 1. The Morgan fingerprint density at radius 3 is 2.94 bits per heavy atom. The van der Waals surface area contributed by atoms with Crippen LogP contribution in [-0.4, -0.2) is 24.5 Å². The molecule has 4 N–H and O–H groups in total. The highest BCUT2D eigenvalue weighted by Crippen LogP contribution is 2.13. The number of nitrogens with one attached hydrogen (secondary N) is 2. The Kier molecular flexibility index (Phi) is 2.97. The summed E-state index contributed by atoms with van der Waals surface area (Å²) in [6.07, 6.45) is 0. The molecule has 0 aromatic heterocycles. The summed E-state index contributed by atoms with van der Waals surface area (Å²) in [4.78, 5) is 27.7. The first kappa shape index (κ1) is 11.4. The second kappa shape index (κ2) is 4.42. The molecule has 1 aromatic rings. The largest absolute Gasteiger partial charge is 0.398 e. The van der Waals surface area contributed by atoms with Crippen molar-refractivity contribution in [1.29, 1.82) is 0 Å². The minimum atomic E-state index is -0.648. The van der Waals surface area contributed by atoms with Gasteiger partial charge in [-0.05, 0) is 24.6 Å². The maximum Gasteiger partial charge on any atom is 0.268 e. The summed E-state index contributed by atoms with van der Waals surface area (Å²) in [7, 11) is 0. The summed E-state index contributed by atoms with van der Waals surface area (Å²) in [5, 5.41) is 2.56. The van der Waals surface area contributed by atoms with Crippen molar-refractivity contribution in [3.63, 3.8) is 0 Å². The minimum Gasteiger partial charge on any atom is -0.398 e. The zero-order valence-corrected chi connectivity index (χ0v) is 9.32. The van der Waals surface area contributed by atoms with Crippen molar-refractivity contribution in [2.45, 2.75) is 13.0 Å². The lowest BCUT2D eigenvalue weighted by atomic mass is 10.1. The fourth-order valence-electron chi connectivity index (χ4n) is 1.47. The van der Waals surface area contributed by atoms with Crippen LogP contribution < -0.4 is 16.5 Å². The van der Waals surface area contributed by atoms with Gasteiger partial charge in [-0.1, -0.05) is 6.07 Å². The first-order chi connectivity index (χ1) is 8.08. The molecule has 90 valence electrons. The van der Waals surface area contributed by atoms with Gasteiger partial charge in [0.1, 0.15) is 12.6 Å². The molecule has 1 saturated heterocycles. The van der Waals surface area contributed by atoms with Gasteiger partial charge in [0.05, 0.1) is 0 Å². The molecule has 2 amide bonds. The Morgan fingerprint density at radius 1 is 1.59 bits per heavy atom. The average molecular weight is 235 g/mol. The van der Waals surface area contributed by atoms with Crippen LogP contribution in [0, 0.1) is 6.92 Å². The Bertz CT molecular complexity index is 473. The number of hydroxylamine groups is 1. The predicted molar refractivity (Wildman–Crippen MR) is 60.9 cm³/mol. The molecule has 0 radical (unpaired) electrons. The van der Waals surface area contributed by atoms with Crippen LogP contribution in [0.4, 0.5) is 5.69 Å². The first-order valence-electron chi connectivity index (χ1n) is 5.16. The normalized spacial score (nSPS) is 18.9. The maximum absolute atomic E-state index is 11.8. The van der Waals surface area contributed by atoms with Crippen molar-refractivity contribution >= 4 is 17.5 Å². The lowest BCUT2D eigenvalue weighted by molar-refractivity contribution is -0.125. The summed E-state index contributed by atoms with van der Waals surface area (Å²) in [6.45, 7) is 1.99. The molecule has 0 saturated carbocycles. The van der Waals surface area contributed by atoms with Crippen molar-refractivity contribution in [1.82, 2.24) is 10.8 Å². The molecule has 1 aromatic carbocycles. The monoisotopic (exact) mass is 235 g/mol. The average Bonchev–Trinajstić information content (AvgIpc) is 2.68. The number of nitrogens with two attached hydrogens (primary N) is 1. The molecular weight excluding hydrogens is 222 g/mol. The Labute approximate surface area is 98.1 Å². The van der Waals surface area contributed by atoms with Crippen LogP contribution in [0.3, 0.4) is 0 Å². The molecule has 0 aliphatic carbocycles. The third-order valence-electron chi connectivity index (χ3n) is 2.59. The maximum atomic E-state index is 11.8. The van der Waals surface area contributed by atoms with Gasteiger partial charge in [0.25, 0.3) is 11.8 Å². The van der Waals surface area contributed by atoms with E-state index in [4.69, 9.17) is 10.6 Å². The Balaban J connectivity index is 2.09. The van der Waals surface area contributed by atoms with Gasteiger partial charge in [0.2, 0.25) is 0 Å². The van der Waals surface area contributed by atoms with Crippen molar-refractivity contribution in [3.05, 3.63) is 29.3 Å². The molecular formula is C11H13N3O3. The molecule has 2 rings (SSSR count). The number of aryl methyl sites for hydroxylation is 1. The van der Waals surface area contributed by atoms with E-state index in [1.165, 1.54) is 0 Å². The van der Waals surface area contributed by atoms with Crippen LogP contribution in [0.2, 0.25) is 0 Å². The molecule has 17 heavy (non-hydrogen) atoms. The van der Waals surface area contributed by atoms with Crippen molar-refractivity contribution in [2.24, 2.45) is 0 Å². The lowest BCUT2D eigenvalue weighted by Crippen LogP contribution is -2.41. The van der Waals surface area contributed by atoms with E-state index in [1.54, 1.807) is 18.2 Å². The number of carbonyl (C=O) groups excluding carboxylic acids is 2. The summed E-state index contributed by atoms with van der Waals surface area (Å²) in [5.74, 6) is -0.694. The molecule has 6 heteroatoms. The number of benzene rings is 1. The van der Waals surface area contributed by atoms with E-state index >= 15 is 0 Å². The van der Waals surface area contributed by atoms with Crippen LogP contribution in [0.5, 0.6) is 0 Å². The molecule has 0 spiro atoms. The van der Waals surface area contributed by atoms with Gasteiger partial charge < -0.3 is 11.1 Å².